The average molecular weight is 337 g/mol. The lowest BCUT2D eigenvalue weighted by molar-refractivity contribution is 0.0519. The normalized spacial score (nSPS) is 41.3. The van der Waals surface area contributed by atoms with E-state index in [-0.39, 0.29) is 0 Å². The lowest BCUT2D eigenvalue weighted by atomic mass is 9.67. The molecule has 1 aromatic rings. The standard InChI is InChI=1S/C19H29ClN2O/c1-3-14-10-18(23-21-14)19-16(12-4-6-13(20)7-5-12)11-15-8-9-17(19)22(15)2/h10,12-13,15-17,19H,3-9,11H2,1-2H3/t12?,13?,15-,16-,17?,19+/m1/s1. The molecule has 0 aromatic carbocycles. The van der Waals surface area contributed by atoms with Gasteiger partial charge in [0.25, 0.3) is 0 Å². The van der Waals surface area contributed by atoms with E-state index in [1.54, 1.807) is 0 Å². The third-order valence-corrected chi connectivity index (χ3v) is 7.33. The fraction of sp³-hybridized carbons (Fsp3) is 0.842. The number of rotatable bonds is 3. The van der Waals surface area contributed by atoms with Gasteiger partial charge in [0.05, 0.1) is 5.69 Å². The van der Waals surface area contributed by atoms with Crippen LogP contribution in [0.25, 0.3) is 0 Å². The topological polar surface area (TPSA) is 29.3 Å². The summed E-state index contributed by atoms with van der Waals surface area (Å²) >= 11 is 6.35. The second-order valence-electron chi connectivity index (χ2n) is 7.98. The van der Waals surface area contributed by atoms with Gasteiger partial charge in [-0.3, -0.25) is 4.90 Å². The molecule has 3 fully saturated rings. The number of halogens is 1. The van der Waals surface area contributed by atoms with Crippen molar-refractivity contribution >= 4 is 11.6 Å². The molecule has 1 aliphatic carbocycles. The molecule has 3 nitrogen and oxygen atoms in total. The number of nitrogens with zero attached hydrogens (tertiary/aromatic N) is 2. The number of aryl methyl sites for hydroxylation is 1. The van der Waals surface area contributed by atoms with Crippen LogP contribution in [0.3, 0.4) is 0 Å². The summed E-state index contributed by atoms with van der Waals surface area (Å²) in [5.74, 6) is 3.26. The van der Waals surface area contributed by atoms with Crippen LogP contribution >= 0.6 is 11.6 Å². The van der Waals surface area contributed by atoms with Gasteiger partial charge in [-0.1, -0.05) is 12.1 Å². The first-order valence-corrected chi connectivity index (χ1v) is 9.92. The van der Waals surface area contributed by atoms with Crippen LogP contribution in [0.4, 0.5) is 0 Å². The molecular weight excluding hydrogens is 308 g/mol. The van der Waals surface area contributed by atoms with Gasteiger partial charge in [0, 0.05) is 29.4 Å². The van der Waals surface area contributed by atoms with Crippen molar-refractivity contribution in [2.45, 2.75) is 81.7 Å². The van der Waals surface area contributed by atoms with Crippen molar-refractivity contribution in [2.75, 3.05) is 7.05 Å². The molecule has 3 aliphatic rings. The summed E-state index contributed by atoms with van der Waals surface area (Å²) in [4.78, 5) is 2.63. The van der Waals surface area contributed by atoms with E-state index in [0.29, 0.717) is 17.3 Å². The van der Waals surface area contributed by atoms with Crippen molar-refractivity contribution in [1.82, 2.24) is 10.1 Å². The van der Waals surface area contributed by atoms with Gasteiger partial charge < -0.3 is 4.52 Å². The van der Waals surface area contributed by atoms with Crippen molar-refractivity contribution in [1.29, 1.82) is 0 Å². The van der Waals surface area contributed by atoms with Crippen LogP contribution in [-0.2, 0) is 6.42 Å². The predicted molar refractivity (Wildman–Crippen MR) is 92.9 cm³/mol. The molecule has 4 atom stereocenters. The summed E-state index contributed by atoms with van der Waals surface area (Å²) in [6, 6.07) is 3.66. The van der Waals surface area contributed by atoms with E-state index >= 15 is 0 Å². The van der Waals surface area contributed by atoms with Crippen molar-refractivity contribution < 1.29 is 4.52 Å². The highest BCUT2D eigenvalue weighted by molar-refractivity contribution is 6.20. The lowest BCUT2D eigenvalue weighted by Crippen LogP contribution is -2.47. The summed E-state index contributed by atoms with van der Waals surface area (Å²) in [7, 11) is 2.32. The van der Waals surface area contributed by atoms with E-state index in [1.807, 2.05) is 0 Å². The first-order chi connectivity index (χ1) is 11.2. The summed E-state index contributed by atoms with van der Waals surface area (Å²) in [6.07, 6.45) is 9.94. The van der Waals surface area contributed by atoms with E-state index in [1.165, 1.54) is 44.9 Å². The zero-order valence-electron chi connectivity index (χ0n) is 14.4. The molecule has 1 unspecified atom stereocenters. The molecular formula is C19H29ClN2O. The molecule has 4 rings (SSSR count). The number of hydrogen-bond acceptors (Lipinski definition) is 3. The SMILES string of the molecule is CCc1cc([C@@H]2C3CC[C@H](C[C@@H]2C2CCC(Cl)CC2)N3C)on1. The fourth-order valence-corrected chi connectivity index (χ4v) is 5.80. The molecule has 4 heteroatoms. The molecule has 128 valence electrons. The highest BCUT2D eigenvalue weighted by Gasteiger charge is 2.49. The van der Waals surface area contributed by atoms with Crippen LogP contribution in [0.15, 0.2) is 10.6 Å². The first-order valence-electron chi connectivity index (χ1n) is 9.48. The Bertz CT molecular complexity index is 537. The van der Waals surface area contributed by atoms with Gasteiger partial charge in [0.2, 0.25) is 0 Å². The Labute approximate surface area is 144 Å². The van der Waals surface area contributed by atoms with E-state index in [9.17, 15) is 0 Å². The highest BCUT2D eigenvalue weighted by Crippen LogP contribution is 2.52. The maximum Gasteiger partial charge on any atom is 0.141 e. The molecule has 1 saturated carbocycles. The van der Waals surface area contributed by atoms with E-state index in [4.69, 9.17) is 16.1 Å². The zero-order chi connectivity index (χ0) is 16.0. The second kappa shape index (κ2) is 6.40. The Hall–Kier alpha value is -0.540. The van der Waals surface area contributed by atoms with E-state index < -0.39 is 0 Å². The van der Waals surface area contributed by atoms with Crippen LogP contribution in [0.1, 0.15) is 69.2 Å². The molecule has 0 spiro atoms. The number of alkyl halides is 1. The largest absolute Gasteiger partial charge is 0.361 e. The Morgan fingerprint density at radius 2 is 2.00 bits per heavy atom. The molecule has 2 aliphatic heterocycles. The van der Waals surface area contributed by atoms with Gasteiger partial charge in [-0.15, -0.1) is 11.6 Å². The lowest BCUT2D eigenvalue weighted by Gasteiger charge is -2.46. The van der Waals surface area contributed by atoms with E-state index in [0.717, 1.165) is 35.8 Å². The summed E-state index contributed by atoms with van der Waals surface area (Å²) in [6.45, 7) is 2.15. The van der Waals surface area contributed by atoms with Crippen LogP contribution in [0.2, 0.25) is 0 Å². The van der Waals surface area contributed by atoms with Gasteiger partial charge in [0.1, 0.15) is 5.76 Å². The Balaban J connectivity index is 1.62. The Morgan fingerprint density at radius 3 is 2.70 bits per heavy atom. The molecule has 0 N–H and O–H groups in total. The molecule has 1 aromatic heterocycles. The van der Waals surface area contributed by atoms with Crippen molar-refractivity contribution in [3.05, 3.63) is 17.5 Å². The number of piperidine rings is 1. The van der Waals surface area contributed by atoms with Gasteiger partial charge >= 0.3 is 0 Å². The summed E-state index contributed by atoms with van der Waals surface area (Å²) in [5, 5.41) is 4.70. The maximum atomic E-state index is 6.35. The summed E-state index contributed by atoms with van der Waals surface area (Å²) in [5.41, 5.74) is 1.10. The van der Waals surface area contributed by atoms with Gasteiger partial charge in [-0.2, -0.15) is 0 Å². The third kappa shape index (κ3) is 2.84. The monoisotopic (exact) mass is 336 g/mol. The van der Waals surface area contributed by atoms with Gasteiger partial charge in [-0.25, -0.2) is 0 Å². The van der Waals surface area contributed by atoms with Crippen molar-refractivity contribution in [3.63, 3.8) is 0 Å². The second-order valence-corrected chi connectivity index (χ2v) is 8.59. The average Bonchev–Trinajstić information content (AvgIpc) is 3.11. The van der Waals surface area contributed by atoms with Gasteiger partial charge in [-0.05, 0) is 70.3 Å². The minimum atomic E-state index is 0.407. The fourth-order valence-electron chi connectivity index (χ4n) is 5.55. The quantitative estimate of drug-likeness (QED) is 0.755. The number of fused-ring (bicyclic) bond motifs is 2. The van der Waals surface area contributed by atoms with Crippen LogP contribution in [-0.4, -0.2) is 34.6 Å². The minimum absolute atomic E-state index is 0.407. The van der Waals surface area contributed by atoms with Gasteiger partial charge in [0.15, 0.2) is 0 Å². The molecule has 2 saturated heterocycles. The smallest absolute Gasteiger partial charge is 0.141 e. The van der Waals surface area contributed by atoms with Crippen LogP contribution in [0.5, 0.6) is 0 Å². The van der Waals surface area contributed by atoms with Crippen molar-refractivity contribution in [2.24, 2.45) is 11.8 Å². The predicted octanol–water partition coefficient (Wildman–Crippen LogP) is 4.60. The molecule has 2 bridgehead atoms. The molecule has 3 heterocycles. The first kappa shape index (κ1) is 16.0. The molecule has 23 heavy (non-hydrogen) atoms. The third-order valence-electron chi connectivity index (χ3n) is 6.89. The minimum Gasteiger partial charge on any atom is -0.361 e. The van der Waals surface area contributed by atoms with Crippen LogP contribution < -0.4 is 0 Å². The highest BCUT2D eigenvalue weighted by atomic mass is 35.5. The number of aromatic nitrogens is 1. The number of hydrogen-bond donors (Lipinski definition) is 0. The molecule has 0 radical (unpaired) electrons. The number of likely N-dealkylation sites (N-methyl/N-ethyl adjacent to an activating group) is 1. The Kier molecular flexibility index (Phi) is 4.44. The summed E-state index contributed by atoms with van der Waals surface area (Å²) < 4.78 is 5.83. The molecule has 0 amide bonds. The zero-order valence-corrected chi connectivity index (χ0v) is 15.1. The Morgan fingerprint density at radius 1 is 1.22 bits per heavy atom. The van der Waals surface area contributed by atoms with Crippen LogP contribution in [0, 0.1) is 11.8 Å². The van der Waals surface area contributed by atoms with Crippen molar-refractivity contribution in [3.8, 4) is 0 Å². The van der Waals surface area contributed by atoms with E-state index in [2.05, 4.69) is 30.1 Å². The maximum absolute atomic E-state index is 6.35.